The molecule has 0 saturated carbocycles. The first-order chi connectivity index (χ1) is 10.6. The quantitative estimate of drug-likeness (QED) is 0.229. The number of halogens is 2. The number of hydrogen-bond acceptors (Lipinski definition) is 3. The molecule has 0 saturated heterocycles. The van der Waals surface area contributed by atoms with E-state index in [1.54, 1.807) is 19.9 Å². The third-order valence-corrected chi connectivity index (χ3v) is 4.50. The molecule has 0 radical (unpaired) electrons. The van der Waals surface area contributed by atoms with E-state index in [0.29, 0.717) is 0 Å². The lowest BCUT2D eigenvalue weighted by Crippen LogP contribution is -3.00. The summed E-state index contributed by atoms with van der Waals surface area (Å²) < 4.78 is 30.0. The third kappa shape index (κ3) is 7.89. The van der Waals surface area contributed by atoms with Crippen LogP contribution < -0.4 is 28.7 Å². The zero-order chi connectivity index (χ0) is 17.7. The van der Waals surface area contributed by atoms with E-state index < -0.39 is 32.2 Å². The van der Waals surface area contributed by atoms with Crippen LogP contribution in [-0.4, -0.2) is 57.9 Å². The van der Waals surface area contributed by atoms with Crippen molar-refractivity contribution >= 4 is 13.6 Å². The zero-order valence-corrected chi connectivity index (χ0v) is 16.5. The summed E-state index contributed by atoms with van der Waals surface area (Å²) in [4.78, 5) is 29.4. The number of carboxylic acid groups (broad SMARTS) is 1. The number of aryl methyl sites for hydroxylation is 1. The number of aliphatic carboxylic acids is 1. The third-order valence-electron chi connectivity index (χ3n) is 3.54. The van der Waals surface area contributed by atoms with Gasteiger partial charge >= 0.3 is 13.6 Å². The average molecular weight is 477 g/mol. The van der Waals surface area contributed by atoms with Crippen LogP contribution >= 0.6 is 7.60 Å². The van der Waals surface area contributed by atoms with Crippen molar-refractivity contribution in [3.05, 3.63) is 29.6 Å². The predicted molar refractivity (Wildman–Crippen MR) is 81.7 cm³/mol. The van der Waals surface area contributed by atoms with E-state index in [2.05, 4.69) is 0 Å². The maximum atomic E-state index is 13.7. The maximum absolute atomic E-state index is 13.7. The first-order valence-corrected chi connectivity index (χ1v) is 8.87. The van der Waals surface area contributed by atoms with Crippen LogP contribution in [0, 0.1) is 12.7 Å². The van der Waals surface area contributed by atoms with E-state index in [-0.39, 0.29) is 53.9 Å². The SMILES string of the molecule is CC[N@@+](CCOc1ccc(C)cc1F)(CC(=O)O)CP(=O)(O)O.[I-]. The van der Waals surface area contributed by atoms with Crippen molar-refractivity contribution in [3.8, 4) is 5.75 Å². The normalized spacial score (nSPS) is 13.7. The fourth-order valence-corrected chi connectivity index (χ4v) is 3.54. The summed E-state index contributed by atoms with van der Waals surface area (Å²) in [6, 6.07) is 4.45. The summed E-state index contributed by atoms with van der Waals surface area (Å²) >= 11 is 0. The molecular weight excluding hydrogens is 455 g/mol. The molecule has 1 atom stereocenters. The largest absolute Gasteiger partial charge is 1.00 e. The number of ether oxygens (including phenoxy) is 1. The number of likely N-dealkylation sites (N-methyl/N-ethyl adjacent to an activating group) is 1. The van der Waals surface area contributed by atoms with Gasteiger partial charge in [0.15, 0.2) is 24.4 Å². The molecule has 0 aliphatic rings. The highest BCUT2D eigenvalue weighted by atomic mass is 127. The summed E-state index contributed by atoms with van der Waals surface area (Å²) in [7, 11) is -4.41. The van der Waals surface area contributed by atoms with Gasteiger partial charge in [0.25, 0.3) is 0 Å². The van der Waals surface area contributed by atoms with Crippen LogP contribution in [0.1, 0.15) is 12.5 Å². The van der Waals surface area contributed by atoms with Crippen molar-refractivity contribution < 1.29 is 61.8 Å². The van der Waals surface area contributed by atoms with Gasteiger partial charge in [-0.15, -0.1) is 0 Å². The Kier molecular flexibility index (Phi) is 9.37. The second-order valence-electron chi connectivity index (χ2n) is 5.52. The molecule has 10 heteroatoms. The summed E-state index contributed by atoms with van der Waals surface area (Å²) in [6.45, 7) is 3.13. The number of quaternary nitrogens is 1. The standard InChI is InChI=1S/C14H21FNO6P.HI/c1-3-16(9-14(17)18,10-23(19,20)21)6-7-22-13-5-4-11(2)8-12(13)15;/h4-5,8H,3,6-7,9-10H2,1-2H3,(H2-,17,18,19,20,21);1H/t16-;/m1./s1. The molecule has 0 aliphatic carbocycles. The molecule has 3 N–H and O–H groups in total. The lowest BCUT2D eigenvalue weighted by atomic mass is 10.2. The van der Waals surface area contributed by atoms with Crippen LogP contribution in [0.4, 0.5) is 4.39 Å². The fraction of sp³-hybridized carbons (Fsp3) is 0.500. The molecule has 0 heterocycles. The minimum Gasteiger partial charge on any atom is -1.00 e. The highest BCUT2D eigenvalue weighted by Gasteiger charge is 2.36. The summed E-state index contributed by atoms with van der Waals surface area (Å²) in [6.07, 6.45) is -0.602. The van der Waals surface area contributed by atoms with E-state index in [1.165, 1.54) is 12.1 Å². The molecule has 7 nitrogen and oxygen atoms in total. The van der Waals surface area contributed by atoms with Crippen LogP contribution in [0.15, 0.2) is 18.2 Å². The van der Waals surface area contributed by atoms with Gasteiger partial charge in [-0.25, -0.2) is 9.18 Å². The zero-order valence-electron chi connectivity index (χ0n) is 13.5. The Bertz CT molecular complexity index is 611. The number of rotatable bonds is 9. The first-order valence-electron chi connectivity index (χ1n) is 7.07. The fourth-order valence-electron chi connectivity index (χ4n) is 2.32. The number of carbonyl (C=O) groups is 1. The van der Waals surface area contributed by atoms with Crippen LogP contribution in [0.3, 0.4) is 0 Å². The highest BCUT2D eigenvalue weighted by Crippen LogP contribution is 2.38. The topological polar surface area (TPSA) is 104 Å². The van der Waals surface area contributed by atoms with Gasteiger partial charge in [0.05, 0.1) is 6.54 Å². The van der Waals surface area contributed by atoms with Gasteiger partial charge in [-0.2, -0.15) is 0 Å². The Morgan fingerprint density at radius 1 is 1.38 bits per heavy atom. The maximum Gasteiger partial charge on any atom is 0.379 e. The lowest BCUT2D eigenvalue weighted by Gasteiger charge is -2.35. The molecule has 0 amide bonds. The number of carboxylic acids is 1. The average Bonchev–Trinajstić information content (AvgIpc) is 2.38. The van der Waals surface area contributed by atoms with Gasteiger partial charge in [0, 0.05) is 0 Å². The van der Waals surface area contributed by atoms with Gasteiger partial charge < -0.3 is 48.1 Å². The van der Waals surface area contributed by atoms with Crippen LogP contribution in [0.25, 0.3) is 0 Å². The van der Waals surface area contributed by atoms with E-state index in [9.17, 15) is 23.5 Å². The van der Waals surface area contributed by atoms with Gasteiger partial charge in [-0.1, -0.05) is 6.07 Å². The molecule has 1 aromatic rings. The second-order valence-corrected chi connectivity index (χ2v) is 7.13. The lowest BCUT2D eigenvalue weighted by molar-refractivity contribution is -0.909. The minimum atomic E-state index is -4.41. The molecule has 0 bridgehead atoms. The molecular formula is C14H22FINO6P. The smallest absolute Gasteiger partial charge is 0.379 e. The Hall–Kier alpha value is -0.740. The van der Waals surface area contributed by atoms with E-state index in [1.807, 2.05) is 0 Å². The molecule has 0 aromatic heterocycles. The Labute approximate surface area is 157 Å². The van der Waals surface area contributed by atoms with E-state index >= 15 is 0 Å². The monoisotopic (exact) mass is 477 g/mol. The van der Waals surface area contributed by atoms with Gasteiger partial charge in [0.2, 0.25) is 0 Å². The molecule has 0 spiro atoms. The molecule has 0 unspecified atom stereocenters. The van der Waals surface area contributed by atoms with Gasteiger partial charge in [-0.05, 0) is 31.5 Å². The second kappa shape index (κ2) is 9.67. The van der Waals surface area contributed by atoms with Crippen molar-refractivity contribution in [2.45, 2.75) is 13.8 Å². The van der Waals surface area contributed by atoms with Gasteiger partial charge in [-0.3, -0.25) is 4.57 Å². The molecule has 1 rings (SSSR count). The summed E-state index contributed by atoms with van der Waals surface area (Å²) in [5, 5.41) is 9.00. The number of hydrogen-bond donors (Lipinski definition) is 3. The van der Waals surface area contributed by atoms with E-state index in [4.69, 9.17) is 9.84 Å². The molecule has 138 valence electrons. The van der Waals surface area contributed by atoms with Gasteiger partial charge in [0.1, 0.15) is 13.2 Å². The van der Waals surface area contributed by atoms with Crippen LogP contribution in [-0.2, 0) is 9.36 Å². The van der Waals surface area contributed by atoms with Crippen molar-refractivity contribution in [2.24, 2.45) is 0 Å². The van der Waals surface area contributed by atoms with Crippen molar-refractivity contribution in [2.75, 3.05) is 32.5 Å². The molecule has 0 aliphatic heterocycles. The van der Waals surface area contributed by atoms with Crippen molar-refractivity contribution in [1.29, 1.82) is 0 Å². The summed E-state index contributed by atoms with van der Waals surface area (Å²) in [5.74, 6) is -1.68. The predicted octanol–water partition coefficient (Wildman–Crippen LogP) is -1.43. The Morgan fingerprint density at radius 3 is 2.46 bits per heavy atom. The Morgan fingerprint density at radius 2 is 2.00 bits per heavy atom. The molecule has 24 heavy (non-hydrogen) atoms. The van der Waals surface area contributed by atoms with Crippen LogP contribution in [0.2, 0.25) is 0 Å². The molecule has 1 aromatic carbocycles. The molecule has 0 fully saturated rings. The first kappa shape index (κ1) is 23.3. The number of nitrogens with zero attached hydrogens (tertiary/aromatic N) is 1. The summed E-state index contributed by atoms with van der Waals surface area (Å²) in [5.41, 5.74) is 0.737. The van der Waals surface area contributed by atoms with Crippen molar-refractivity contribution in [3.63, 3.8) is 0 Å². The highest BCUT2D eigenvalue weighted by molar-refractivity contribution is 7.51. The van der Waals surface area contributed by atoms with E-state index in [0.717, 1.165) is 5.56 Å². The number of benzene rings is 1. The van der Waals surface area contributed by atoms with Crippen molar-refractivity contribution in [1.82, 2.24) is 0 Å². The minimum absolute atomic E-state index is 0. The Balaban J connectivity index is 0.00000529. The van der Waals surface area contributed by atoms with Crippen LogP contribution in [0.5, 0.6) is 5.75 Å².